The number of hydrogen-bond donors (Lipinski definition) is 2. The fraction of sp³-hybridized carbons (Fsp3) is 0.286. The molecule has 1 unspecified atom stereocenters. The lowest BCUT2D eigenvalue weighted by atomic mass is 10.1. The van der Waals surface area contributed by atoms with Crippen LogP contribution in [0.15, 0.2) is 24.3 Å². The number of aromatic amines is 1. The first-order valence-electron chi connectivity index (χ1n) is 6.87. The highest BCUT2D eigenvalue weighted by atomic mass is 32.2. The Morgan fingerprint density at radius 2 is 2.00 bits per heavy atom. The molecule has 2 heterocycles. The van der Waals surface area contributed by atoms with E-state index in [-0.39, 0.29) is 35.0 Å². The zero-order valence-corrected chi connectivity index (χ0v) is 12.7. The second-order valence-electron chi connectivity index (χ2n) is 5.35. The number of carbonyl (C=O) groups is 1. The van der Waals surface area contributed by atoms with E-state index in [1.807, 2.05) is 0 Å². The summed E-state index contributed by atoms with van der Waals surface area (Å²) in [7, 11) is -3.17. The first kappa shape index (κ1) is 15.6. The van der Waals surface area contributed by atoms with E-state index in [0.717, 1.165) is 12.1 Å². The lowest BCUT2D eigenvalue weighted by Crippen LogP contribution is -2.23. The number of H-pyrrole nitrogens is 1. The molecule has 0 spiro atoms. The van der Waals surface area contributed by atoms with E-state index in [1.165, 1.54) is 12.1 Å². The molecule has 0 aliphatic carbocycles. The maximum absolute atomic E-state index is 13.7. The third-order valence-electron chi connectivity index (χ3n) is 3.66. The minimum atomic E-state index is -3.17. The number of nitrogens with zero attached hydrogens (tertiary/aromatic N) is 1. The largest absolute Gasteiger partial charge is 0.309 e. The Hall–Kier alpha value is -2.29. The number of nitrogens with one attached hydrogen (secondary N) is 2. The van der Waals surface area contributed by atoms with Gasteiger partial charge < -0.3 is 5.32 Å². The van der Waals surface area contributed by atoms with Gasteiger partial charge in [-0.1, -0.05) is 6.07 Å². The number of rotatable bonds is 3. The predicted octanol–water partition coefficient (Wildman–Crippen LogP) is 1.73. The van der Waals surface area contributed by atoms with E-state index in [4.69, 9.17) is 0 Å². The lowest BCUT2D eigenvalue weighted by molar-refractivity contribution is -0.119. The summed E-state index contributed by atoms with van der Waals surface area (Å²) in [6.45, 7) is 0. The van der Waals surface area contributed by atoms with Gasteiger partial charge in [-0.05, 0) is 18.6 Å². The van der Waals surface area contributed by atoms with Crippen molar-refractivity contribution in [2.45, 2.75) is 6.42 Å². The SMILES string of the molecule is O=C(Nc1cc(-c2c(F)cccc2F)[nH]n1)C1CCS(=O)(=O)C1. The normalized spacial score (nSPS) is 19.7. The number of aromatic nitrogens is 2. The number of anilines is 1. The maximum atomic E-state index is 13.7. The van der Waals surface area contributed by atoms with Crippen LogP contribution in [0.3, 0.4) is 0 Å². The molecule has 2 aromatic rings. The van der Waals surface area contributed by atoms with Gasteiger partial charge in [0, 0.05) is 6.07 Å². The molecule has 9 heteroatoms. The molecule has 1 aromatic carbocycles. The van der Waals surface area contributed by atoms with Gasteiger partial charge in [-0.25, -0.2) is 17.2 Å². The highest BCUT2D eigenvalue weighted by molar-refractivity contribution is 7.91. The molecule has 1 saturated heterocycles. The van der Waals surface area contributed by atoms with Crippen molar-refractivity contribution >= 4 is 21.6 Å². The Balaban J connectivity index is 1.77. The number of sulfone groups is 1. The minimum Gasteiger partial charge on any atom is -0.309 e. The van der Waals surface area contributed by atoms with Crippen molar-refractivity contribution in [1.29, 1.82) is 0 Å². The molecule has 2 N–H and O–H groups in total. The van der Waals surface area contributed by atoms with Crippen LogP contribution in [0.1, 0.15) is 6.42 Å². The Bertz CT molecular complexity index is 844. The molecule has 122 valence electrons. The average molecular weight is 341 g/mol. The summed E-state index contributed by atoms with van der Waals surface area (Å²) in [6.07, 6.45) is 0.257. The van der Waals surface area contributed by atoms with Crippen molar-refractivity contribution in [3.63, 3.8) is 0 Å². The first-order valence-corrected chi connectivity index (χ1v) is 8.69. The Labute approximate surface area is 130 Å². The Morgan fingerprint density at radius 3 is 2.61 bits per heavy atom. The van der Waals surface area contributed by atoms with Crippen molar-refractivity contribution in [2.75, 3.05) is 16.8 Å². The number of benzene rings is 1. The second kappa shape index (κ2) is 5.73. The van der Waals surface area contributed by atoms with Crippen LogP contribution in [0.2, 0.25) is 0 Å². The van der Waals surface area contributed by atoms with Gasteiger partial charge in [-0.2, -0.15) is 5.10 Å². The van der Waals surface area contributed by atoms with E-state index in [0.29, 0.717) is 0 Å². The second-order valence-corrected chi connectivity index (χ2v) is 7.58. The lowest BCUT2D eigenvalue weighted by Gasteiger charge is -2.06. The molecule has 0 saturated carbocycles. The van der Waals surface area contributed by atoms with Crippen LogP contribution >= 0.6 is 0 Å². The molecule has 1 atom stereocenters. The number of halogens is 2. The molecule has 0 bridgehead atoms. The smallest absolute Gasteiger partial charge is 0.229 e. The average Bonchev–Trinajstić information content (AvgIpc) is 3.05. The third kappa shape index (κ3) is 3.24. The monoisotopic (exact) mass is 341 g/mol. The van der Waals surface area contributed by atoms with Crippen molar-refractivity contribution in [2.24, 2.45) is 5.92 Å². The van der Waals surface area contributed by atoms with Gasteiger partial charge in [-0.15, -0.1) is 0 Å². The number of amides is 1. The summed E-state index contributed by atoms with van der Waals surface area (Å²) in [6, 6.07) is 4.76. The van der Waals surface area contributed by atoms with Gasteiger partial charge in [0.2, 0.25) is 5.91 Å². The van der Waals surface area contributed by atoms with Gasteiger partial charge in [0.15, 0.2) is 15.7 Å². The molecule has 3 rings (SSSR count). The van der Waals surface area contributed by atoms with E-state index >= 15 is 0 Å². The molecule has 1 aliphatic heterocycles. The predicted molar refractivity (Wildman–Crippen MR) is 79.3 cm³/mol. The van der Waals surface area contributed by atoms with Gasteiger partial charge in [0.1, 0.15) is 11.6 Å². The molecular weight excluding hydrogens is 328 g/mol. The van der Waals surface area contributed by atoms with Gasteiger partial charge in [0.05, 0.1) is 28.7 Å². The number of hydrogen-bond acceptors (Lipinski definition) is 4. The van der Waals surface area contributed by atoms with E-state index in [1.54, 1.807) is 0 Å². The Kier molecular flexibility index (Phi) is 3.88. The summed E-state index contributed by atoms with van der Waals surface area (Å²) in [5.41, 5.74) is -0.195. The highest BCUT2D eigenvalue weighted by Gasteiger charge is 2.33. The van der Waals surface area contributed by atoms with Gasteiger partial charge >= 0.3 is 0 Å². The van der Waals surface area contributed by atoms with Crippen LogP contribution in [0.5, 0.6) is 0 Å². The van der Waals surface area contributed by atoms with Crippen LogP contribution < -0.4 is 5.32 Å². The van der Waals surface area contributed by atoms with Crippen molar-refractivity contribution in [3.8, 4) is 11.3 Å². The molecule has 1 amide bonds. The minimum absolute atomic E-state index is 0.0165. The van der Waals surface area contributed by atoms with Gasteiger partial charge in [0.25, 0.3) is 0 Å². The van der Waals surface area contributed by atoms with Crippen LogP contribution in [0.4, 0.5) is 14.6 Å². The van der Waals surface area contributed by atoms with Crippen molar-refractivity contribution in [1.82, 2.24) is 10.2 Å². The summed E-state index contributed by atoms with van der Waals surface area (Å²) in [5, 5.41) is 8.70. The van der Waals surface area contributed by atoms with Crippen molar-refractivity contribution < 1.29 is 22.0 Å². The van der Waals surface area contributed by atoms with E-state index < -0.39 is 33.3 Å². The topological polar surface area (TPSA) is 91.9 Å². The summed E-state index contributed by atoms with van der Waals surface area (Å²) >= 11 is 0. The molecule has 1 fully saturated rings. The maximum Gasteiger partial charge on any atom is 0.229 e. The molecule has 23 heavy (non-hydrogen) atoms. The van der Waals surface area contributed by atoms with Crippen molar-refractivity contribution in [3.05, 3.63) is 35.9 Å². The fourth-order valence-corrected chi connectivity index (χ4v) is 4.24. The van der Waals surface area contributed by atoms with Crippen LogP contribution in [0.25, 0.3) is 11.3 Å². The summed E-state index contributed by atoms with van der Waals surface area (Å²) in [5.74, 6) is -2.75. The Morgan fingerprint density at radius 1 is 1.30 bits per heavy atom. The fourth-order valence-electron chi connectivity index (χ4n) is 2.50. The van der Waals surface area contributed by atoms with E-state index in [2.05, 4.69) is 15.5 Å². The zero-order chi connectivity index (χ0) is 16.6. The van der Waals surface area contributed by atoms with E-state index in [9.17, 15) is 22.0 Å². The first-order chi connectivity index (χ1) is 10.9. The summed E-state index contributed by atoms with van der Waals surface area (Å²) < 4.78 is 50.1. The molecule has 1 aliphatic rings. The molecule has 1 aromatic heterocycles. The summed E-state index contributed by atoms with van der Waals surface area (Å²) in [4.78, 5) is 12.0. The molecule has 6 nitrogen and oxygen atoms in total. The van der Waals surface area contributed by atoms with Crippen LogP contribution in [0, 0.1) is 17.6 Å². The standard InChI is InChI=1S/C14H13F2N3O3S/c15-9-2-1-3-10(16)13(9)11-6-12(19-18-11)17-14(20)8-4-5-23(21,22)7-8/h1-3,6,8H,4-5,7H2,(H2,17,18,19,20). The quantitative estimate of drug-likeness (QED) is 0.889. The number of carbonyl (C=O) groups excluding carboxylic acids is 1. The molecule has 0 radical (unpaired) electrons. The van der Waals surface area contributed by atoms with Crippen LogP contribution in [-0.2, 0) is 14.6 Å². The van der Waals surface area contributed by atoms with Crippen LogP contribution in [-0.4, -0.2) is 36.0 Å². The zero-order valence-electron chi connectivity index (χ0n) is 11.8. The molecular formula is C14H13F2N3O3S. The van der Waals surface area contributed by atoms with Gasteiger partial charge in [-0.3, -0.25) is 9.89 Å². The highest BCUT2D eigenvalue weighted by Crippen LogP contribution is 2.26. The third-order valence-corrected chi connectivity index (χ3v) is 5.43.